The minimum atomic E-state index is -3.19. The SMILES string of the molecule is C=C(C)C1CC=C(N(CCCC(N)(C(=O)O)C(F)F)C(=O)OC)CC1. The summed E-state index contributed by atoms with van der Waals surface area (Å²) < 4.78 is 30.6. The van der Waals surface area contributed by atoms with Crippen LogP contribution < -0.4 is 5.73 Å². The number of carboxylic acids is 1. The van der Waals surface area contributed by atoms with E-state index < -0.39 is 30.4 Å². The normalized spacial score (nSPS) is 19.8. The van der Waals surface area contributed by atoms with Crippen molar-refractivity contribution in [2.24, 2.45) is 11.7 Å². The highest BCUT2D eigenvalue weighted by Crippen LogP contribution is 2.30. The molecule has 1 aliphatic carbocycles. The van der Waals surface area contributed by atoms with Crippen molar-refractivity contribution < 1.29 is 28.2 Å². The van der Waals surface area contributed by atoms with Crippen LogP contribution in [0.4, 0.5) is 13.6 Å². The summed E-state index contributed by atoms with van der Waals surface area (Å²) in [7, 11) is 1.24. The molecule has 142 valence electrons. The van der Waals surface area contributed by atoms with E-state index in [1.54, 1.807) is 0 Å². The topological polar surface area (TPSA) is 92.9 Å². The molecule has 0 saturated carbocycles. The van der Waals surface area contributed by atoms with E-state index in [1.807, 2.05) is 13.0 Å². The Hall–Kier alpha value is -1.96. The van der Waals surface area contributed by atoms with E-state index in [-0.39, 0.29) is 13.0 Å². The lowest BCUT2D eigenvalue weighted by Gasteiger charge is -2.30. The van der Waals surface area contributed by atoms with E-state index in [1.165, 1.54) is 12.0 Å². The molecule has 0 aromatic rings. The summed E-state index contributed by atoms with van der Waals surface area (Å²) in [5, 5.41) is 8.92. The Labute approximate surface area is 146 Å². The molecular weight excluding hydrogens is 334 g/mol. The van der Waals surface area contributed by atoms with Gasteiger partial charge in [0.25, 0.3) is 6.43 Å². The number of nitrogens with zero attached hydrogens (tertiary/aromatic N) is 1. The van der Waals surface area contributed by atoms with Gasteiger partial charge in [-0.2, -0.15) is 0 Å². The predicted octanol–water partition coefficient (Wildman–Crippen LogP) is 3.14. The highest BCUT2D eigenvalue weighted by Gasteiger charge is 2.43. The Bertz CT molecular complexity index is 551. The second-order valence-electron chi connectivity index (χ2n) is 6.38. The number of amides is 1. The quantitative estimate of drug-likeness (QED) is 0.649. The van der Waals surface area contributed by atoms with Gasteiger partial charge in [-0.25, -0.2) is 18.4 Å². The fraction of sp³-hybridized carbons (Fsp3) is 0.647. The average Bonchev–Trinajstić information content (AvgIpc) is 2.57. The van der Waals surface area contributed by atoms with Crippen LogP contribution in [0.5, 0.6) is 0 Å². The van der Waals surface area contributed by atoms with Gasteiger partial charge >= 0.3 is 12.1 Å². The van der Waals surface area contributed by atoms with E-state index >= 15 is 0 Å². The Morgan fingerprint density at radius 3 is 2.60 bits per heavy atom. The van der Waals surface area contributed by atoms with Crippen molar-refractivity contribution in [1.82, 2.24) is 4.90 Å². The van der Waals surface area contributed by atoms with Crippen LogP contribution >= 0.6 is 0 Å². The molecule has 25 heavy (non-hydrogen) atoms. The van der Waals surface area contributed by atoms with Crippen LogP contribution in [-0.2, 0) is 9.53 Å². The molecule has 0 bridgehead atoms. The number of hydrogen-bond acceptors (Lipinski definition) is 4. The number of nitrogens with two attached hydrogens (primary N) is 1. The number of carbonyl (C=O) groups is 2. The van der Waals surface area contributed by atoms with Crippen LogP contribution in [0.3, 0.4) is 0 Å². The Morgan fingerprint density at radius 1 is 1.56 bits per heavy atom. The zero-order valence-electron chi connectivity index (χ0n) is 14.6. The van der Waals surface area contributed by atoms with Gasteiger partial charge in [0.2, 0.25) is 0 Å². The molecule has 6 nitrogen and oxygen atoms in total. The van der Waals surface area contributed by atoms with Gasteiger partial charge in [0, 0.05) is 12.2 Å². The molecule has 0 heterocycles. The predicted molar refractivity (Wildman–Crippen MR) is 89.1 cm³/mol. The summed E-state index contributed by atoms with van der Waals surface area (Å²) in [5.41, 5.74) is 4.51. The largest absolute Gasteiger partial charge is 0.480 e. The lowest BCUT2D eigenvalue weighted by Crippen LogP contribution is -2.54. The molecule has 3 N–H and O–H groups in total. The molecule has 1 aliphatic rings. The zero-order valence-corrected chi connectivity index (χ0v) is 14.6. The number of methoxy groups -OCH3 is 1. The monoisotopic (exact) mass is 360 g/mol. The van der Waals surface area contributed by atoms with Crippen molar-refractivity contribution in [3.05, 3.63) is 23.9 Å². The number of ether oxygens (including phenoxy) is 1. The molecule has 0 saturated heterocycles. The van der Waals surface area contributed by atoms with Crippen LogP contribution in [0.25, 0.3) is 0 Å². The number of hydrogen-bond donors (Lipinski definition) is 2. The summed E-state index contributed by atoms with van der Waals surface area (Å²) in [4.78, 5) is 24.4. The Kier molecular flexibility index (Phi) is 7.54. The smallest absolute Gasteiger partial charge is 0.413 e. The van der Waals surface area contributed by atoms with Crippen molar-refractivity contribution >= 4 is 12.1 Å². The lowest BCUT2D eigenvalue weighted by molar-refractivity contribution is -0.150. The number of rotatable bonds is 8. The maximum atomic E-state index is 12.9. The lowest BCUT2D eigenvalue weighted by atomic mass is 9.87. The van der Waals surface area contributed by atoms with Crippen molar-refractivity contribution in [2.45, 2.75) is 51.0 Å². The molecule has 0 aromatic carbocycles. The van der Waals surface area contributed by atoms with E-state index in [0.717, 1.165) is 24.1 Å². The molecule has 0 aromatic heterocycles. The Balaban J connectivity index is 2.77. The fourth-order valence-electron chi connectivity index (χ4n) is 2.81. The van der Waals surface area contributed by atoms with Crippen molar-refractivity contribution in [1.29, 1.82) is 0 Å². The van der Waals surface area contributed by atoms with Crippen molar-refractivity contribution in [3.63, 3.8) is 0 Å². The molecule has 0 aliphatic heterocycles. The molecule has 0 spiro atoms. The molecule has 1 amide bonds. The van der Waals surface area contributed by atoms with E-state index in [0.29, 0.717) is 12.3 Å². The summed E-state index contributed by atoms with van der Waals surface area (Å²) >= 11 is 0. The third-order valence-corrected chi connectivity index (χ3v) is 4.59. The molecule has 0 fully saturated rings. The maximum Gasteiger partial charge on any atom is 0.413 e. The minimum absolute atomic E-state index is 0.0174. The fourth-order valence-corrected chi connectivity index (χ4v) is 2.81. The first kappa shape index (κ1) is 21.1. The summed E-state index contributed by atoms with van der Waals surface area (Å²) in [6, 6.07) is 0. The van der Waals surface area contributed by atoms with Gasteiger partial charge in [-0.15, -0.1) is 0 Å². The number of allylic oxidation sites excluding steroid dienone is 3. The van der Waals surface area contributed by atoms with Gasteiger partial charge in [0.15, 0.2) is 5.54 Å². The third-order valence-electron chi connectivity index (χ3n) is 4.59. The van der Waals surface area contributed by atoms with Crippen molar-refractivity contribution in [2.75, 3.05) is 13.7 Å². The summed E-state index contributed by atoms with van der Waals surface area (Å²) in [6.45, 7) is 5.96. The van der Waals surface area contributed by atoms with E-state index in [9.17, 15) is 18.4 Å². The zero-order chi connectivity index (χ0) is 19.2. The van der Waals surface area contributed by atoms with Gasteiger partial charge in [-0.1, -0.05) is 18.2 Å². The summed E-state index contributed by atoms with van der Waals surface area (Å²) in [5.74, 6) is -1.40. The second-order valence-corrected chi connectivity index (χ2v) is 6.38. The Morgan fingerprint density at radius 2 is 2.20 bits per heavy atom. The first-order valence-electron chi connectivity index (χ1n) is 8.13. The maximum absolute atomic E-state index is 12.9. The summed E-state index contributed by atoms with van der Waals surface area (Å²) in [6.07, 6.45) is -0.101. The molecule has 8 heteroatoms. The standard InChI is InChI=1S/C17H26F2N2O4/c1-11(2)12-5-7-13(8-6-12)21(16(24)25-3)10-4-9-17(20,14(18)19)15(22)23/h7,12,14H,1,4-6,8-10,20H2,2-3H3,(H,22,23). The molecule has 0 radical (unpaired) electrons. The number of halogens is 2. The second kappa shape index (κ2) is 8.94. The van der Waals surface area contributed by atoms with Gasteiger partial charge in [-0.05, 0) is 44.9 Å². The highest BCUT2D eigenvalue weighted by molar-refractivity contribution is 5.79. The van der Waals surface area contributed by atoms with Gasteiger partial charge in [-0.3, -0.25) is 4.90 Å². The molecular formula is C17H26F2N2O4. The molecule has 2 unspecified atom stereocenters. The van der Waals surface area contributed by atoms with Gasteiger partial charge in [0.1, 0.15) is 0 Å². The average molecular weight is 360 g/mol. The number of carbonyl (C=O) groups excluding carboxylic acids is 1. The van der Waals surface area contributed by atoms with Crippen LogP contribution in [0.15, 0.2) is 23.9 Å². The van der Waals surface area contributed by atoms with Crippen LogP contribution in [0, 0.1) is 5.92 Å². The highest BCUT2D eigenvalue weighted by atomic mass is 19.3. The first-order valence-corrected chi connectivity index (χ1v) is 8.13. The van der Waals surface area contributed by atoms with E-state index in [4.69, 9.17) is 15.6 Å². The van der Waals surface area contributed by atoms with Crippen LogP contribution in [0.2, 0.25) is 0 Å². The third kappa shape index (κ3) is 5.26. The first-order chi connectivity index (χ1) is 11.6. The minimum Gasteiger partial charge on any atom is -0.480 e. The molecule has 1 rings (SSSR count). The van der Waals surface area contributed by atoms with Crippen molar-refractivity contribution in [3.8, 4) is 0 Å². The van der Waals surface area contributed by atoms with Crippen LogP contribution in [0.1, 0.15) is 39.0 Å². The van der Waals surface area contributed by atoms with Gasteiger partial charge in [0.05, 0.1) is 7.11 Å². The van der Waals surface area contributed by atoms with Crippen LogP contribution in [-0.4, -0.2) is 47.7 Å². The van der Waals surface area contributed by atoms with Gasteiger partial charge < -0.3 is 15.6 Å². The number of aliphatic carboxylic acids is 1. The van der Waals surface area contributed by atoms with E-state index in [2.05, 4.69) is 6.58 Å². The number of alkyl halides is 2. The number of carboxylic acid groups (broad SMARTS) is 1. The molecule has 2 atom stereocenters.